The van der Waals surface area contributed by atoms with Crippen LogP contribution in [0.4, 0.5) is 5.82 Å². The quantitative estimate of drug-likeness (QED) is 0.722. The molecular formula is C9H7BrN4O4S. The summed E-state index contributed by atoms with van der Waals surface area (Å²) in [5.74, 6) is 0.0416. The van der Waals surface area contributed by atoms with E-state index in [1.54, 1.807) is 6.07 Å². The number of nitrogens with one attached hydrogen (secondary N) is 3. The number of hydrogen-bond acceptors (Lipinski definition) is 5. The number of hydrogen-bond donors (Lipinski definition) is 3. The Morgan fingerprint density at radius 1 is 1.32 bits per heavy atom. The van der Waals surface area contributed by atoms with Gasteiger partial charge in [-0.3, -0.25) is 14.5 Å². The first-order valence-corrected chi connectivity index (χ1v) is 7.12. The molecule has 0 saturated heterocycles. The molecule has 0 aromatic carbocycles. The molecule has 2 rings (SSSR count). The molecule has 0 bridgehead atoms. The molecule has 2 aromatic heterocycles. The van der Waals surface area contributed by atoms with Gasteiger partial charge in [0.05, 0.1) is 0 Å². The SMILES string of the molecule is O=c1[nH]cc(S(=O)(=O)Nc2cc(Br)ccn2)c(=O)[nH]1. The standard InChI is InChI=1S/C9H7BrN4O4S/c10-5-1-2-11-7(3-5)14-19(17,18)6-4-12-9(16)13-8(6)15/h1-4H,(H,11,14)(H2,12,13,15,16). The normalized spacial score (nSPS) is 11.2. The number of H-pyrrole nitrogens is 2. The Morgan fingerprint density at radius 2 is 2.05 bits per heavy atom. The van der Waals surface area contributed by atoms with E-state index >= 15 is 0 Å². The van der Waals surface area contributed by atoms with E-state index < -0.39 is 26.2 Å². The van der Waals surface area contributed by atoms with Crippen molar-refractivity contribution in [2.24, 2.45) is 0 Å². The van der Waals surface area contributed by atoms with Crippen molar-refractivity contribution in [2.75, 3.05) is 4.72 Å². The predicted octanol–water partition coefficient (Wildman–Crippen LogP) is 0.0215. The predicted molar refractivity (Wildman–Crippen MR) is 70.4 cm³/mol. The summed E-state index contributed by atoms with van der Waals surface area (Å²) < 4.78 is 26.6. The highest BCUT2D eigenvalue weighted by atomic mass is 79.9. The van der Waals surface area contributed by atoms with Gasteiger partial charge < -0.3 is 4.98 Å². The summed E-state index contributed by atoms with van der Waals surface area (Å²) in [6.07, 6.45) is 2.21. The Hall–Kier alpha value is -1.94. The lowest BCUT2D eigenvalue weighted by atomic mass is 10.5. The molecule has 0 amide bonds. The summed E-state index contributed by atoms with van der Waals surface area (Å²) in [6, 6.07) is 3.04. The number of halogens is 1. The molecule has 0 spiro atoms. The minimum atomic E-state index is -4.12. The second-order valence-electron chi connectivity index (χ2n) is 3.40. The van der Waals surface area contributed by atoms with Crippen LogP contribution in [-0.4, -0.2) is 23.4 Å². The number of aromatic nitrogens is 3. The van der Waals surface area contributed by atoms with Gasteiger partial charge in [0.25, 0.3) is 15.6 Å². The molecule has 3 N–H and O–H groups in total. The minimum absolute atomic E-state index is 0.0416. The van der Waals surface area contributed by atoms with Crippen molar-refractivity contribution < 1.29 is 8.42 Å². The van der Waals surface area contributed by atoms with Gasteiger partial charge in [-0.05, 0) is 12.1 Å². The van der Waals surface area contributed by atoms with Crippen molar-refractivity contribution in [3.05, 3.63) is 49.8 Å². The molecule has 0 radical (unpaired) electrons. The van der Waals surface area contributed by atoms with Crippen LogP contribution >= 0.6 is 15.9 Å². The van der Waals surface area contributed by atoms with E-state index in [-0.39, 0.29) is 5.82 Å². The molecule has 10 heteroatoms. The van der Waals surface area contributed by atoms with Gasteiger partial charge in [0, 0.05) is 16.9 Å². The molecule has 0 fully saturated rings. The van der Waals surface area contributed by atoms with E-state index in [0.29, 0.717) is 4.47 Å². The highest BCUT2D eigenvalue weighted by molar-refractivity contribution is 9.10. The van der Waals surface area contributed by atoms with Crippen LogP contribution in [0.25, 0.3) is 0 Å². The zero-order valence-corrected chi connectivity index (χ0v) is 11.6. The van der Waals surface area contributed by atoms with Gasteiger partial charge in [-0.15, -0.1) is 0 Å². The van der Waals surface area contributed by atoms with Crippen molar-refractivity contribution in [2.45, 2.75) is 4.90 Å². The zero-order valence-electron chi connectivity index (χ0n) is 9.18. The van der Waals surface area contributed by atoms with Gasteiger partial charge in [-0.1, -0.05) is 15.9 Å². The van der Waals surface area contributed by atoms with Crippen LogP contribution in [0, 0.1) is 0 Å². The van der Waals surface area contributed by atoms with E-state index in [1.165, 1.54) is 12.3 Å². The number of sulfonamides is 1. The van der Waals surface area contributed by atoms with E-state index in [2.05, 4.69) is 30.6 Å². The third-order valence-corrected chi connectivity index (χ3v) is 3.89. The average molecular weight is 347 g/mol. The summed E-state index contributed by atoms with van der Waals surface area (Å²) >= 11 is 3.16. The maximum Gasteiger partial charge on any atom is 0.325 e. The van der Waals surface area contributed by atoms with Gasteiger partial charge in [0.15, 0.2) is 4.90 Å². The van der Waals surface area contributed by atoms with Crippen LogP contribution in [-0.2, 0) is 10.0 Å². The lowest BCUT2D eigenvalue weighted by molar-refractivity contribution is 0.599. The highest BCUT2D eigenvalue weighted by Crippen LogP contribution is 2.15. The summed E-state index contributed by atoms with van der Waals surface area (Å²) in [7, 11) is -4.12. The Bertz CT molecular complexity index is 826. The fourth-order valence-electron chi connectivity index (χ4n) is 1.25. The van der Waals surface area contributed by atoms with E-state index in [9.17, 15) is 18.0 Å². The highest BCUT2D eigenvalue weighted by Gasteiger charge is 2.19. The van der Waals surface area contributed by atoms with Crippen LogP contribution in [0.15, 0.2) is 43.5 Å². The minimum Gasteiger partial charge on any atom is -0.313 e. The summed E-state index contributed by atoms with van der Waals surface area (Å²) in [4.78, 5) is 29.3. The molecule has 0 aliphatic rings. The van der Waals surface area contributed by atoms with Gasteiger partial charge in [0.2, 0.25) is 0 Å². The third kappa shape index (κ3) is 3.09. The van der Waals surface area contributed by atoms with Crippen LogP contribution in [0.5, 0.6) is 0 Å². The lowest BCUT2D eigenvalue weighted by Crippen LogP contribution is -2.29. The molecule has 0 atom stereocenters. The summed E-state index contributed by atoms with van der Waals surface area (Å²) in [5.41, 5.74) is -1.80. The Labute approximate surface area is 115 Å². The molecule has 19 heavy (non-hydrogen) atoms. The molecule has 0 saturated carbocycles. The fraction of sp³-hybridized carbons (Fsp3) is 0. The third-order valence-electron chi connectivity index (χ3n) is 2.04. The van der Waals surface area contributed by atoms with Gasteiger partial charge >= 0.3 is 5.69 Å². The molecular weight excluding hydrogens is 340 g/mol. The van der Waals surface area contributed by atoms with Gasteiger partial charge in [-0.2, -0.15) is 0 Å². The second kappa shape index (κ2) is 4.97. The van der Waals surface area contributed by atoms with Crippen molar-refractivity contribution in [3.8, 4) is 0 Å². The maximum absolute atomic E-state index is 11.9. The van der Waals surface area contributed by atoms with Crippen molar-refractivity contribution >= 4 is 31.8 Å². The first kappa shape index (κ1) is 13.5. The molecule has 2 heterocycles. The van der Waals surface area contributed by atoms with E-state index in [4.69, 9.17) is 0 Å². The number of rotatable bonds is 3. The first-order valence-electron chi connectivity index (χ1n) is 4.85. The molecule has 0 aliphatic heterocycles. The largest absolute Gasteiger partial charge is 0.325 e. The molecule has 100 valence electrons. The Morgan fingerprint density at radius 3 is 2.68 bits per heavy atom. The topological polar surface area (TPSA) is 125 Å². The number of anilines is 1. The number of nitrogens with zero attached hydrogens (tertiary/aromatic N) is 1. The maximum atomic E-state index is 11.9. The molecule has 8 nitrogen and oxygen atoms in total. The monoisotopic (exact) mass is 346 g/mol. The van der Waals surface area contributed by atoms with E-state index in [1.807, 2.05) is 4.98 Å². The lowest BCUT2D eigenvalue weighted by Gasteiger charge is -2.06. The van der Waals surface area contributed by atoms with Crippen molar-refractivity contribution in [1.29, 1.82) is 0 Å². The number of aromatic amines is 2. The van der Waals surface area contributed by atoms with Crippen molar-refractivity contribution in [3.63, 3.8) is 0 Å². The van der Waals surface area contributed by atoms with Crippen LogP contribution < -0.4 is 16.0 Å². The Kier molecular flexibility index (Phi) is 3.53. The van der Waals surface area contributed by atoms with Gasteiger partial charge in [-0.25, -0.2) is 18.2 Å². The zero-order chi connectivity index (χ0) is 14.0. The average Bonchev–Trinajstić information content (AvgIpc) is 2.27. The Balaban J connectivity index is 2.43. The van der Waals surface area contributed by atoms with Gasteiger partial charge in [0.1, 0.15) is 5.82 Å². The van der Waals surface area contributed by atoms with Crippen molar-refractivity contribution in [1.82, 2.24) is 15.0 Å². The number of pyridine rings is 1. The fourth-order valence-corrected chi connectivity index (χ4v) is 2.59. The molecule has 2 aromatic rings. The molecule has 0 aliphatic carbocycles. The first-order chi connectivity index (χ1) is 8.88. The van der Waals surface area contributed by atoms with Crippen LogP contribution in [0.1, 0.15) is 0 Å². The van der Waals surface area contributed by atoms with Crippen LogP contribution in [0.3, 0.4) is 0 Å². The second-order valence-corrected chi connectivity index (χ2v) is 5.97. The smallest absolute Gasteiger partial charge is 0.313 e. The molecule has 0 unspecified atom stereocenters. The summed E-state index contributed by atoms with van der Waals surface area (Å²) in [6.45, 7) is 0. The van der Waals surface area contributed by atoms with Crippen LogP contribution in [0.2, 0.25) is 0 Å². The van der Waals surface area contributed by atoms with E-state index in [0.717, 1.165) is 6.20 Å². The summed E-state index contributed by atoms with van der Waals surface area (Å²) in [5, 5.41) is 0.